The van der Waals surface area contributed by atoms with Crippen molar-refractivity contribution < 1.29 is 0 Å². The van der Waals surface area contributed by atoms with Crippen LogP contribution in [0.3, 0.4) is 0 Å². The molecule has 0 aliphatic rings. The third-order valence-electron chi connectivity index (χ3n) is 3.87. The lowest BCUT2D eigenvalue weighted by Gasteiger charge is -2.17. The van der Waals surface area contributed by atoms with Crippen LogP contribution in [0.4, 0.5) is 0 Å². The van der Waals surface area contributed by atoms with Crippen LogP contribution in [0.2, 0.25) is 0 Å². The summed E-state index contributed by atoms with van der Waals surface area (Å²) in [6.45, 7) is 2.13. The van der Waals surface area contributed by atoms with Gasteiger partial charge >= 0.3 is 0 Å². The van der Waals surface area contributed by atoms with Gasteiger partial charge in [-0.15, -0.1) is 0 Å². The molecule has 2 heterocycles. The maximum atomic E-state index is 4.55. The van der Waals surface area contributed by atoms with Crippen LogP contribution >= 0.6 is 0 Å². The lowest BCUT2D eigenvalue weighted by molar-refractivity contribution is 0.604. The molecule has 0 saturated heterocycles. The van der Waals surface area contributed by atoms with Gasteiger partial charge in [-0.2, -0.15) is 5.10 Å². The normalized spacial score (nSPS) is 12.7. The van der Waals surface area contributed by atoms with Crippen LogP contribution in [0.5, 0.6) is 0 Å². The third kappa shape index (κ3) is 2.54. The summed E-state index contributed by atoms with van der Waals surface area (Å²) >= 11 is 0. The number of fused-ring (bicyclic) bond motifs is 1. The van der Waals surface area contributed by atoms with Gasteiger partial charge in [0.25, 0.3) is 0 Å². The number of pyridine rings is 1. The SMILES string of the molecule is CCc1cc(C(NC)c2ccc3ncccc3c2)n(C)n1. The smallest absolute Gasteiger partial charge is 0.0746 e. The number of nitrogens with one attached hydrogen (secondary N) is 1. The van der Waals surface area contributed by atoms with Crippen LogP contribution in [0.15, 0.2) is 42.6 Å². The highest BCUT2D eigenvalue weighted by Crippen LogP contribution is 2.25. The quantitative estimate of drug-likeness (QED) is 0.799. The number of hydrogen-bond acceptors (Lipinski definition) is 3. The zero-order valence-corrected chi connectivity index (χ0v) is 12.7. The van der Waals surface area contributed by atoms with E-state index in [0.29, 0.717) is 0 Å². The Morgan fingerprint density at radius 2 is 2.10 bits per heavy atom. The third-order valence-corrected chi connectivity index (χ3v) is 3.87. The Hall–Kier alpha value is -2.20. The van der Waals surface area contributed by atoms with E-state index in [4.69, 9.17) is 0 Å². The van der Waals surface area contributed by atoms with Crippen LogP contribution < -0.4 is 5.32 Å². The Bertz CT molecular complexity index is 760. The molecule has 0 aliphatic heterocycles. The summed E-state index contributed by atoms with van der Waals surface area (Å²) in [5, 5.41) is 9.11. The fourth-order valence-corrected chi connectivity index (χ4v) is 2.75. The molecular formula is C17H20N4. The second-order valence-corrected chi connectivity index (χ2v) is 5.21. The summed E-state index contributed by atoms with van der Waals surface area (Å²) in [5.74, 6) is 0. The molecule has 0 spiro atoms. The van der Waals surface area contributed by atoms with Gasteiger partial charge in [0.15, 0.2) is 0 Å². The van der Waals surface area contributed by atoms with Crippen LogP contribution in [-0.2, 0) is 13.5 Å². The first-order chi connectivity index (χ1) is 10.2. The van der Waals surface area contributed by atoms with E-state index < -0.39 is 0 Å². The first kappa shape index (κ1) is 13.8. The molecule has 1 aromatic carbocycles. The molecule has 3 rings (SSSR count). The molecule has 4 heteroatoms. The molecule has 3 aromatic rings. The fraction of sp³-hybridized carbons (Fsp3) is 0.294. The summed E-state index contributed by atoms with van der Waals surface area (Å²) < 4.78 is 1.97. The first-order valence-corrected chi connectivity index (χ1v) is 7.27. The molecule has 1 unspecified atom stereocenters. The zero-order valence-electron chi connectivity index (χ0n) is 12.7. The molecule has 0 fully saturated rings. The molecule has 108 valence electrons. The lowest BCUT2D eigenvalue weighted by Crippen LogP contribution is -2.20. The molecule has 2 aromatic heterocycles. The van der Waals surface area contributed by atoms with Crippen LogP contribution in [-0.4, -0.2) is 21.8 Å². The fourth-order valence-electron chi connectivity index (χ4n) is 2.75. The van der Waals surface area contributed by atoms with Crippen LogP contribution in [0.25, 0.3) is 10.9 Å². The minimum atomic E-state index is 0.132. The van der Waals surface area contributed by atoms with E-state index in [1.54, 1.807) is 0 Å². The van der Waals surface area contributed by atoms with Gasteiger partial charge < -0.3 is 5.32 Å². The van der Waals surface area contributed by atoms with Crippen LogP contribution in [0.1, 0.15) is 29.9 Å². The molecule has 0 saturated carbocycles. The minimum absolute atomic E-state index is 0.132. The average Bonchev–Trinajstić information content (AvgIpc) is 2.89. The second-order valence-electron chi connectivity index (χ2n) is 5.21. The van der Waals surface area contributed by atoms with Crippen molar-refractivity contribution in [2.75, 3.05) is 7.05 Å². The summed E-state index contributed by atoms with van der Waals surface area (Å²) in [5.41, 5.74) is 4.55. The monoisotopic (exact) mass is 280 g/mol. The molecular weight excluding hydrogens is 260 g/mol. The van der Waals surface area contributed by atoms with Crippen molar-refractivity contribution in [3.63, 3.8) is 0 Å². The highest BCUT2D eigenvalue weighted by atomic mass is 15.3. The molecule has 0 aliphatic carbocycles. The summed E-state index contributed by atoms with van der Waals surface area (Å²) in [6.07, 6.45) is 2.78. The number of aromatic nitrogens is 3. The maximum absolute atomic E-state index is 4.55. The molecule has 1 atom stereocenters. The van der Waals surface area contributed by atoms with Gasteiger partial charge in [0.05, 0.1) is 22.9 Å². The molecule has 21 heavy (non-hydrogen) atoms. The van der Waals surface area contributed by atoms with Gasteiger partial charge in [0.2, 0.25) is 0 Å². The standard InChI is InChI=1S/C17H20N4/c1-4-14-11-16(21(3)20-14)17(18-2)13-7-8-15-12(10-13)6-5-9-19-15/h5-11,17-18H,4H2,1-3H3. The van der Waals surface area contributed by atoms with Gasteiger partial charge in [0.1, 0.15) is 0 Å². The summed E-state index contributed by atoms with van der Waals surface area (Å²) in [6, 6.07) is 12.8. The lowest BCUT2D eigenvalue weighted by atomic mass is 10.0. The highest BCUT2D eigenvalue weighted by molar-refractivity contribution is 5.79. The number of rotatable bonds is 4. The van der Waals surface area contributed by atoms with Gasteiger partial charge in [-0.05, 0) is 43.3 Å². The molecule has 0 bridgehead atoms. The topological polar surface area (TPSA) is 42.7 Å². The van der Waals surface area contributed by atoms with E-state index in [1.165, 1.54) is 11.3 Å². The van der Waals surface area contributed by atoms with E-state index in [-0.39, 0.29) is 6.04 Å². The Balaban J connectivity index is 2.06. The number of hydrogen-bond donors (Lipinski definition) is 1. The molecule has 0 amide bonds. The van der Waals surface area contributed by atoms with E-state index in [9.17, 15) is 0 Å². The van der Waals surface area contributed by atoms with Crippen molar-refractivity contribution in [3.8, 4) is 0 Å². The number of nitrogens with zero attached hydrogens (tertiary/aromatic N) is 3. The van der Waals surface area contributed by atoms with Crippen molar-refractivity contribution in [1.29, 1.82) is 0 Å². The minimum Gasteiger partial charge on any atom is -0.308 e. The van der Waals surface area contributed by atoms with Crippen molar-refractivity contribution >= 4 is 10.9 Å². The van der Waals surface area contributed by atoms with Gasteiger partial charge in [-0.25, -0.2) is 0 Å². The van der Waals surface area contributed by atoms with E-state index in [0.717, 1.165) is 23.0 Å². The average molecular weight is 280 g/mol. The highest BCUT2D eigenvalue weighted by Gasteiger charge is 2.17. The molecule has 1 N–H and O–H groups in total. The Labute approximate surface area is 124 Å². The number of benzene rings is 1. The predicted octanol–water partition coefficient (Wildman–Crippen LogP) is 2.84. The summed E-state index contributed by atoms with van der Waals surface area (Å²) in [7, 11) is 3.98. The Kier molecular flexibility index (Phi) is 3.71. The van der Waals surface area contributed by atoms with Crippen molar-refractivity contribution in [2.45, 2.75) is 19.4 Å². The summed E-state index contributed by atoms with van der Waals surface area (Å²) in [4.78, 5) is 4.38. The molecule has 4 nitrogen and oxygen atoms in total. The van der Waals surface area contributed by atoms with Crippen molar-refractivity contribution in [2.24, 2.45) is 7.05 Å². The Morgan fingerprint density at radius 3 is 2.81 bits per heavy atom. The van der Waals surface area contributed by atoms with E-state index in [1.807, 2.05) is 31.0 Å². The first-order valence-electron chi connectivity index (χ1n) is 7.27. The zero-order chi connectivity index (χ0) is 14.8. The Morgan fingerprint density at radius 1 is 1.24 bits per heavy atom. The van der Waals surface area contributed by atoms with Crippen molar-refractivity contribution in [1.82, 2.24) is 20.1 Å². The van der Waals surface area contributed by atoms with E-state index >= 15 is 0 Å². The largest absolute Gasteiger partial charge is 0.308 e. The van der Waals surface area contributed by atoms with Crippen LogP contribution in [0, 0.1) is 0 Å². The second kappa shape index (κ2) is 5.66. The number of aryl methyl sites for hydroxylation is 2. The molecule has 0 radical (unpaired) electrons. The van der Waals surface area contributed by atoms with Crippen molar-refractivity contribution in [3.05, 3.63) is 59.5 Å². The van der Waals surface area contributed by atoms with Gasteiger partial charge in [-0.1, -0.05) is 19.1 Å². The maximum Gasteiger partial charge on any atom is 0.0746 e. The predicted molar refractivity (Wildman–Crippen MR) is 85.2 cm³/mol. The van der Waals surface area contributed by atoms with Gasteiger partial charge in [-0.3, -0.25) is 9.67 Å². The van der Waals surface area contributed by atoms with E-state index in [2.05, 4.69) is 52.7 Å². The van der Waals surface area contributed by atoms with Gasteiger partial charge in [0, 0.05) is 18.6 Å².